The van der Waals surface area contributed by atoms with Gasteiger partial charge in [-0.25, -0.2) is 0 Å². The number of allylic oxidation sites excluding steroid dienone is 1. The lowest BCUT2D eigenvalue weighted by Gasteiger charge is -2.54. The summed E-state index contributed by atoms with van der Waals surface area (Å²) >= 11 is 0. The van der Waals surface area contributed by atoms with Gasteiger partial charge in [0.05, 0.1) is 11.7 Å². The molecule has 1 unspecified atom stereocenters. The predicted octanol–water partition coefficient (Wildman–Crippen LogP) is 5.62. The summed E-state index contributed by atoms with van der Waals surface area (Å²) in [5, 5.41) is 7.11. The highest BCUT2D eigenvalue weighted by Gasteiger charge is 2.59. The number of carbonyl (C=O) groups is 1. The molecule has 4 aliphatic carbocycles. The molecule has 34 heavy (non-hydrogen) atoms. The standard InChI is InChI=1S/C30H48N2O2/c1-17-12-27-28(31-16-17)19(3)30(34-27)11-9-23-24-7-6-21-13-22(32-20(4)33)8-10-29(21,5)26(24)14-25(23)18(2)15-30/h17,19,21-24,26-28,31H,6-16H2,1-5H3,(H,32,33)/t17-,19+,21+,22-,23-,24-,26-,27+,28-,29-,30?/m0/s1. The first-order valence-corrected chi connectivity index (χ1v) is 14.6. The van der Waals surface area contributed by atoms with Gasteiger partial charge in [-0.05, 0) is 113 Å². The molecular formula is C30H48N2O2. The number of rotatable bonds is 1. The van der Waals surface area contributed by atoms with Crippen molar-refractivity contribution in [3.8, 4) is 0 Å². The summed E-state index contributed by atoms with van der Waals surface area (Å²) in [6, 6.07) is 0.952. The number of hydrogen-bond donors (Lipinski definition) is 2. The highest BCUT2D eigenvalue weighted by atomic mass is 16.5. The van der Waals surface area contributed by atoms with Gasteiger partial charge >= 0.3 is 0 Å². The van der Waals surface area contributed by atoms with Gasteiger partial charge in [0.15, 0.2) is 0 Å². The molecule has 2 saturated heterocycles. The molecule has 190 valence electrons. The number of ether oxygens (including phenoxy) is 1. The van der Waals surface area contributed by atoms with Gasteiger partial charge in [-0.2, -0.15) is 0 Å². The average Bonchev–Trinajstić information content (AvgIpc) is 3.24. The van der Waals surface area contributed by atoms with Crippen molar-refractivity contribution in [3.05, 3.63) is 11.1 Å². The second kappa shape index (κ2) is 8.33. The maximum atomic E-state index is 11.7. The fraction of sp³-hybridized carbons (Fsp3) is 0.900. The third-order valence-electron chi connectivity index (χ3n) is 12.0. The molecule has 0 radical (unpaired) electrons. The van der Waals surface area contributed by atoms with Gasteiger partial charge in [-0.1, -0.05) is 31.9 Å². The first-order valence-electron chi connectivity index (χ1n) is 14.6. The van der Waals surface area contributed by atoms with E-state index < -0.39 is 0 Å². The van der Waals surface area contributed by atoms with E-state index in [4.69, 9.17) is 4.74 Å². The maximum Gasteiger partial charge on any atom is 0.217 e. The number of nitrogens with one attached hydrogen (secondary N) is 2. The summed E-state index contributed by atoms with van der Waals surface area (Å²) in [6.45, 7) is 12.8. The third-order valence-corrected chi connectivity index (χ3v) is 12.0. The van der Waals surface area contributed by atoms with E-state index in [1.165, 1.54) is 57.8 Å². The third kappa shape index (κ3) is 3.56. The monoisotopic (exact) mass is 468 g/mol. The van der Waals surface area contributed by atoms with Crippen LogP contribution in [0.1, 0.15) is 98.8 Å². The van der Waals surface area contributed by atoms with Crippen molar-refractivity contribution in [2.24, 2.45) is 40.9 Å². The normalized spacial score (nSPS) is 52.4. The summed E-state index contributed by atoms with van der Waals surface area (Å²) < 4.78 is 7.05. The molecule has 2 N–H and O–H groups in total. The van der Waals surface area contributed by atoms with Crippen molar-refractivity contribution in [1.29, 1.82) is 0 Å². The Morgan fingerprint density at radius 3 is 2.74 bits per heavy atom. The Morgan fingerprint density at radius 1 is 1.12 bits per heavy atom. The van der Waals surface area contributed by atoms with E-state index in [1.54, 1.807) is 12.5 Å². The first kappa shape index (κ1) is 23.5. The minimum atomic E-state index is 0.0564. The van der Waals surface area contributed by atoms with Crippen molar-refractivity contribution in [2.45, 2.75) is 123 Å². The maximum absolute atomic E-state index is 11.7. The van der Waals surface area contributed by atoms with Crippen molar-refractivity contribution in [2.75, 3.05) is 6.54 Å². The topological polar surface area (TPSA) is 50.4 Å². The lowest BCUT2D eigenvalue weighted by Crippen LogP contribution is -2.50. The Balaban J connectivity index is 1.23. The zero-order chi connectivity index (χ0) is 23.8. The summed E-state index contributed by atoms with van der Waals surface area (Å²) in [6.07, 6.45) is 13.1. The first-order chi connectivity index (χ1) is 16.2. The van der Waals surface area contributed by atoms with Gasteiger partial charge in [0.25, 0.3) is 0 Å². The number of fused-ring (bicyclic) bond motifs is 6. The minimum Gasteiger partial charge on any atom is -0.369 e. The molecule has 0 bridgehead atoms. The van der Waals surface area contributed by atoms with Gasteiger partial charge < -0.3 is 15.4 Å². The molecule has 0 aromatic rings. The molecule has 11 atom stereocenters. The van der Waals surface area contributed by atoms with E-state index in [0.717, 1.165) is 42.6 Å². The van der Waals surface area contributed by atoms with Gasteiger partial charge in [0.2, 0.25) is 5.91 Å². The molecular weight excluding hydrogens is 420 g/mol. The quantitative estimate of drug-likeness (QED) is 0.491. The number of amides is 1. The number of piperidine rings is 1. The number of carbonyl (C=O) groups excluding carboxylic acids is 1. The van der Waals surface area contributed by atoms with Crippen LogP contribution >= 0.6 is 0 Å². The SMILES string of the molecule is CC(=O)N[C@H]1CC[C@@]2(C)[C@H](CC[C@H]3[C@@H]4CCC5(CC(C)=C4C[C@@H]32)O[C@@H]2C[C@H](C)CN[C@H]2[C@H]5C)C1. The fourth-order valence-corrected chi connectivity index (χ4v) is 10.2. The lowest BCUT2D eigenvalue weighted by molar-refractivity contribution is -0.121. The van der Waals surface area contributed by atoms with Gasteiger partial charge in [-0.3, -0.25) is 4.79 Å². The van der Waals surface area contributed by atoms with E-state index in [1.807, 2.05) is 5.57 Å². The fourth-order valence-electron chi connectivity index (χ4n) is 10.2. The molecule has 2 heterocycles. The molecule has 3 saturated carbocycles. The zero-order valence-corrected chi connectivity index (χ0v) is 22.3. The van der Waals surface area contributed by atoms with E-state index >= 15 is 0 Å². The van der Waals surface area contributed by atoms with Crippen LogP contribution < -0.4 is 10.6 Å². The Labute approximate surface area is 207 Å². The second-order valence-corrected chi connectivity index (χ2v) is 13.8. The summed E-state index contributed by atoms with van der Waals surface area (Å²) in [5.74, 6) is 4.77. The molecule has 5 fully saturated rings. The van der Waals surface area contributed by atoms with Crippen LogP contribution in [0.15, 0.2) is 11.1 Å². The van der Waals surface area contributed by atoms with Crippen molar-refractivity contribution in [1.82, 2.24) is 10.6 Å². The summed E-state index contributed by atoms with van der Waals surface area (Å²) in [4.78, 5) is 11.7. The zero-order valence-electron chi connectivity index (χ0n) is 22.3. The van der Waals surface area contributed by atoms with Gasteiger partial charge in [0.1, 0.15) is 0 Å². The van der Waals surface area contributed by atoms with Crippen LogP contribution in [-0.2, 0) is 9.53 Å². The van der Waals surface area contributed by atoms with E-state index in [-0.39, 0.29) is 11.5 Å². The molecule has 4 heteroatoms. The van der Waals surface area contributed by atoms with E-state index in [9.17, 15) is 4.79 Å². The van der Waals surface area contributed by atoms with Crippen molar-refractivity contribution < 1.29 is 9.53 Å². The van der Waals surface area contributed by atoms with Crippen LogP contribution in [0.5, 0.6) is 0 Å². The van der Waals surface area contributed by atoms with Crippen LogP contribution in [-0.4, -0.2) is 36.2 Å². The van der Waals surface area contributed by atoms with Crippen LogP contribution in [0, 0.1) is 40.9 Å². The van der Waals surface area contributed by atoms with Crippen LogP contribution in [0.3, 0.4) is 0 Å². The Bertz CT molecular complexity index is 868. The smallest absolute Gasteiger partial charge is 0.217 e. The molecule has 6 rings (SSSR count). The van der Waals surface area contributed by atoms with Gasteiger partial charge in [-0.15, -0.1) is 0 Å². The van der Waals surface area contributed by atoms with Crippen molar-refractivity contribution in [3.63, 3.8) is 0 Å². The Hall–Kier alpha value is -0.870. The largest absolute Gasteiger partial charge is 0.369 e. The lowest BCUT2D eigenvalue weighted by atomic mass is 9.52. The number of hydrogen-bond acceptors (Lipinski definition) is 3. The molecule has 6 aliphatic rings. The molecule has 0 aromatic heterocycles. The van der Waals surface area contributed by atoms with Crippen LogP contribution in [0.25, 0.3) is 0 Å². The minimum absolute atomic E-state index is 0.0564. The molecule has 1 spiro atoms. The van der Waals surface area contributed by atoms with Crippen molar-refractivity contribution >= 4 is 5.91 Å². The highest BCUT2D eigenvalue weighted by molar-refractivity contribution is 5.73. The highest BCUT2D eigenvalue weighted by Crippen LogP contribution is 2.65. The Kier molecular flexibility index (Phi) is 5.76. The molecule has 1 amide bonds. The molecule has 0 aromatic carbocycles. The predicted molar refractivity (Wildman–Crippen MR) is 136 cm³/mol. The second-order valence-electron chi connectivity index (χ2n) is 13.8. The summed E-state index contributed by atoms with van der Waals surface area (Å²) in [7, 11) is 0. The average molecular weight is 469 g/mol. The molecule has 2 aliphatic heterocycles. The molecule has 4 nitrogen and oxygen atoms in total. The van der Waals surface area contributed by atoms with Crippen LogP contribution in [0.4, 0.5) is 0 Å². The van der Waals surface area contributed by atoms with Gasteiger partial charge in [0, 0.05) is 24.9 Å². The Morgan fingerprint density at radius 2 is 1.94 bits per heavy atom. The van der Waals surface area contributed by atoms with E-state index in [2.05, 4.69) is 38.3 Å². The van der Waals surface area contributed by atoms with E-state index in [0.29, 0.717) is 29.5 Å². The summed E-state index contributed by atoms with van der Waals surface area (Å²) in [5.41, 5.74) is 4.04. The van der Waals surface area contributed by atoms with Crippen LogP contribution in [0.2, 0.25) is 0 Å².